The number of imidazole rings is 1. The minimum Gasteiger partial charge on any atom is -0.466 e. The standard InChI is InChI=1S/C19H22N4O3/c1-11(2)6-7-23-16(14-8-12(3)26-13(14)4)10-22-9-15(18(24)20-5)21-17(22)19(23)25/h6,8-10H,7H2,1-5H3,(H,20,24). The van der Waals surface area contributed by atoms with E-state index in [9.17, 15) is 9.59 Å². The van der Waals surface area contributed by atoms with Gasteiger partial charge in [0.15, 0.2) is 0 Å². The second-order valence-corrected chi connectivity index (χ2v) is 6.47. The highest BCUT2D eigenvalue weighted by molar-refractivity contribution is 5.92. The Labute approximate surface area is 151 Å². The zero-order valence-electron chi connectivity index (χ0n) is 15.6. The van der Waals surface area contributed by atoms with Crippen LogP contribution in [-0.4, -0.2) is 26.9 Å². The Hall–Kier alpha value is -3.09. The molecular formula is C19H22N4O3. The molecule has 0 aliphatic heterocycles. The first kappa shape index (κ1) is 17.7. The monoisotopic (exact) mass is 354 g/mol. The number of nitrogens with zero attached hydrogens (tertiary/aromatic N) is 3. The molecule has 0 spiro atoms. The number of fused-ring (bicyclic) bond motifs is 1. The van der Waals surface area contributed by atoms with Crippen molar-refractivity contribution in [2.75, 3.05) is 7.05 Å². The van der Waals surface area contributed by atoms with Gasteiger partial charge in [-0.25, -0.2) is 4.98 Å². The predicted molar refractivity (Wildman–Crippen MR) is 99.4 cm³/mol. The molecule has 0 atom stereocenters. The maximum Gasteiger partial charge on any atom is 0.295 e. The lowest BCUT2D eigenvalue weighted by molar-refractivity contribution is 0.0958. The van der Waals surface area contributed by atoms with Gasteiger partial charge >= 0.3 is 0 Å². The van der Waals surface area contributed by atoms with E-state index in [1.807, 2.05) is 46.0 Å². The molecule has 136 valence electrons. The van der Waals surface area contributed by atoms with E-state index >= 15 is 0 Å². The molecule has 0 aromatic carbocycles. The van der Waals surface area contributed by atoms with Gasteiger partial charge < -0.3 is 9.73 Å². The largest absolute Gasteiger partial charge is 0.466 e. The van der Waals surface area contributed by atoms with E-state index in [4.69, 9.17) is 4.42 Å². The third-order valence-electron chi connectivity index (χ3n) is 4.18. The number of furan rings is 1. The number of aromatic nitrogens is 3. The molecule has 3 heterocycles. The number of hydrogen-bond acceptors (Lipinski definition) is 4. The van der Waals surface area contributed by atoms with Crippen LogP contribution in [0.25, 0.3) is 16.9 Å². The predicted octanol–water partition coefficient (Wildman–Crippen LogP) is 2.70. The molecule has 0 unspecified atom stereocenters. The van der Waals surface area contributed by atoms with Gasteiger partial charge in [-0.05, 0) is 33.8 Å². The number of nitrogens with one attached hydrogen (secondary N) is 1. The number of carbonyl (C=O) groups is 1. The summed E-state index contributed by atoms with van der Waals surface area (Å²) in [6.45, 7) is 8.12. The van der Waals surface area contributed by atoms with E-state index in [2.05, 4.69) is 10.3 Å². The van der Waals surface area contributed by atoms with Crippen LogP contribution < -0.4 is 10.9 Å². The van der Waals surface area contributed by atoms with Gasteiger partial charge in [0.25, 0.3) is 11.5 Å². The number of aryl methyl sites for hydroxylation is 2. The van der Waals surface area contributed by atoms with Crippen LogP contribution in [0, 0.1) is 13.8 Å². The average molecular weight is 354 g/mol. The summed E-state index contributed by atoms with van der Waals surface area (Å²) in [6.07, 6.45) is 5.35. The van der Waals surface area contributed by atoms with Crippen LogP contribution in [0.2, 0.25) is 0 Å². The van der Waals surface area contributed by atoms with Crippen LogP contribution in [0.5, 0.6) is 0 Å². The summed E-state index contributed by atoms with van der Waals surface area (Å²) >= 11 is 0. The number of amides is 1. The summed E-state index contributed by atoms with van der Waals surface area (Å²) in [7, 11) is 1.53. The normalized spacial score (nSPS) is 11.0. The fourth-order valence-electron chi connectivity index (χ4n) is 2.87. The van der Waals surface area contributed by atoms with Gasteiger partial charge in [-0.15, -0.1) is 0 Å². The zero-order chi connectivity index (χ0) is 19.0. The quantitative estimate of drug-likeness (QED) is 0.731. The molecular weight excluding hydrogens is 332 g/mol. The highest BCUT2D eigenvalue weighted by atomic mass is 16.3. The SMILES string of the molecule is CNC(=O)c1cn2cc(-c3cc(C)oc3C)n(CC=C(C)C)c(=O)c2n1. The van der Waals surface area contributed by atoms with Crippen molar-refractivity contribution in [2.45, 2.75) is 34.2 Å². The molecule has 3 aromatic rings. The second kappa shape index (κ2) is 6.67. The first-order valence-corrected chi connectivity index (χ1v) is 8.37. The Morgan fingerprint density at radius 2 is 2.04 bits per heavy atom. The van der Waals surface area contributed by atoms with Gasteiger partial charge in [0.1, 0.15) is 17.2 Å². The maximum atomic E-state index is 13.1. The molecule has 7 nitrogen and oxygen atoms in total. The molecule has 0 saturated carbocycles. The molecule has 0 aliphatic rings. The maximum absolute atomic E-state index is 13.1. The zero-order valence-corrected chi connectivity index (χ0v) is 15.6. The minimum absolute atomic E-state index is 0.204. The Balaban J connectivity index is 2.31. The molecule has 1 amide bonds. The van der Waals surface area contributed by atoms with Crippen LogP contribution in [-0.2, 0) is 6.54 Å². The molecule has 1 N–H and O–H groups in total. The van der Waals surface area contributed by atoms with Crippen molar-refractivity contribution in [3.8, 4) is 11.3 Å². The molecule has 3 aromatic heterocycles. The highest BCUT2D eigenvalue weighted by Crippen LogP contribution is 2.26. The van der Waals surface area contributed by atoms with Crippen LogP contribution in [0.15, 0.2) is 39.3 Å². The summed E-state index contributed by atoms with van der Waals surface area (Å²) in [4.78, 5) is 29.2. The number of allylic oxidation sites excluding steroid dienone is 2. The van der Waals surface area contributed by atoms with Gasteiger partial charge in [-0.1, -0.05) is 11.6 Å². The summed E-state index contributed by atoms with van der Waals surface area (Å²) in [5.41, 5.74) is 2.84. The molecule has 0 aliphatic carbocycles. The van der Waals surface area contributed by atoms with Crippen LogP contribution in [0.3, 0.4) is 0 Å². The van der Waals surface area contributed by atoms with E-state index in [0.29, 0.717) is 6.54 Å². The third kappa shape index (κ3) is 3.08. The van der Waals surface area contributed by atoms with E-state index in [1.165, 1.54) is 7.05 Å². The lowest BCUT2D eigenvalue weighted by Crippen LogP contribution is -2.24. The lowest BCUT2D eigenvalue weighted by atomic mass is 10.1. The van der Waals surface area contributed by atoms with Gasteiger partial charge in [-0.3, -0.25) is 18.6 Å². The first-order chi connectivity index (χ1) is 12.3. The summed E-state index contributed by atoms with van der Waals surface area (Å²) in [5.74, 6) is 1.18. The Kier molecular flexibility index (Phi) is 4.54. The number of carbonyl (C=O) groups excluding carboxylic acids is 1. The summed E-state index contributed by atoms with van der Waals surface area (Å²) in [5, 5.41) is 2.53. The van der Waals surface area contributed by atoms with Crippen molar-refractivity contribution in [1.29, 1.82) is 0 Å². The second-order valence-electron chi connectivity index (χ2n) is 6.47. The number of hydrogen-bond donors (Lipinski definition) is 1. The van der Waals surface area contributed by atoms with E-state index in [-0.39, 0.29) is 22.8 Å². The molecule has 0 fully saturated rings. The van der Waals surface area contributed by atoms with Gasteiger partial charge in [-0.2, -0.15) is 0 Å². The van der Waals surface area contributed by atoms with Crippen molar-refractivity contribution < 1.29 is 9.21 Å². The van der Waals surface area contributed by atoms with E-state index < -0.39 is 0 Å². The van der Waals surface area contributed by atoms with Crippen LogP contribution in [0.4, 0.5) is 0 Å². The fraction of sp³-hybridized carbons (Fsp3) is 0.316. The Morgan fingerprint density at radius 1 is 1.31 bits per heavy atom. The minimum atomic E-state index is -0.333. The van der Waals surface area contributed by atoms with Gasteiger partial charge in [0, 0.05) is 31.5 Å². The van der Waals surface area contributed by atoms with Crippen LogP contribution in [0.1, 0.15) is 35.9 Å². The summed E-state index contributed by atoms with van der Waals surface area (Å²) in [6, 6.07) is 1.91. The topological polar surface area (TPSA) is 81.5 Å². The fourth-order valence-corrected chi connectivity index (χ4v) is 2.87. The highest BCUT2D eigenvalue weighted by Gasteiger charge is 2.18. The van der Waals surface area contributed by atoms with Gasteiger partial charge in [0.2, 0.25) is 5.65 Å². The molecule has 0 bridgehead atoms. The lowest BCUT2D eigenvalue weighted by Gasteiger charge is -2.11. The van der Waals surface area contributed by atoms with Crippen LogP contribution >= 0.6 is 0 Å². The van der Waals surface area contributed by atoms with Crippen molar-refractivity contribution >= 4 is 11.6 Å². The van der Waals surface area contributed by atoms with E-state index in [1.54, 1.807) is 15.2 Å². The van der Waals surface area contributed by atoms with E-state index in [0.717, 1.165) is 28.4 Å². The smallest absolute Gasteiger partial charge is 0.295 e. The first-order valence-electron chi connectivity index (χ1n) is 8.37. The van der Waals surface area contributed by atoms with Crippen molar-refractivity contribution in [3.05, 3.63) is 57.7 Å². The molecule has 0 saturated heterocycles. The Bertz CT molecular complexity index is 1080. The van der Waals surface area contributed by atoms with Gasteiger partial charge in [0.05, 0.1) is 5.69 Å². The Morgan fingerprint density at radius 3 is 2.62 bits per heavy atom. The van der Waals surface area contributed by atoms with Crippen molar-refractivity contribution in [1.82, 2.24) is 19.3 Å². The molecule has 26 heavy (non-hydrogen) atoms. The average Bonchev–Trinajstić information content (AvgIpc) is 3.15. The molecule has 3 rings (SSSR count). The third-order valence-corrected chi connectivity index (χ3v) is 4.18. The molecule has 0 radical (unpaired) electrons. The van der Waals surface area contributed by atoms with Crippen molar-refractivity contribution in [2.24, 2.45) is 0 Å². The summed E-state index contributed by atoms with van der Waals surface area (Å²) < 4.78 is 8.90. The molecule has 7 heteroatoms. The number of rotatable bonds is 4. The van der Waals surface area contributed by atoms with Crippen molar-refractivity contribution in [3.63, 3.8) is 0 Å².